The van der Waals surface area contributed by atoms with Crippen LogP contribution in [-0.4, -0.2) is 40.3 Å². The van der Waals surface area contributed by atoms with Gasteiger partial charge < -0.3 is 14.8 Å². The molecule has 150 valence electrons. The van der Waals surface area contributed by atoms with Gasteiger partial charge in [-0.25, -0.2) is 4.52 Å². The summed E-state index contributed by atoms with van der Waals surface area (Å²) in [5.41, 5.74) is 1.02. The fourth-order valence-electron chi connectivity index (χ4n) is 2.74. The fourth-order valence-corrected chi connectivity index (χ4v) is 4.24. The maximum Gasteiger partial charge on any atom is 0.257 e. The minimum Gasteiger partial charge on any atom is -0.494 e. The number of amides is 1. The van der Waals surface area contributed by atoms with Gasteiger partial charge in [0.1, 0.15) is 11.5 Å². The number of thiazole rings is 1. The van der Waals surface area contributed by atoms with Crippen LogP contribution in [-0.2, 0) is 11.2 Å². The summed E-state index contributed by atoms with van der Waals surface area (Å²) in [6, 6.07) is 11.2. The highest BCUT2D eigenvalue weighted by molar-refractivity contribution is 7.15. The molecule has 0 atom stereocenters. The molecule has 3 heterocycles. The number of carbonyl (C=O) groups excluding carboxylic acids is 1. The Hall–Kier alpha value is -2.91. The van der Waals surface area contributed by atoms with E-state index in [2.05, 4.69) is 15.4 Å². The molecule has 0 aliphatic carbocycles. The van der Waals surface area contributed by atoms with Gasteiger partial charge in [0.25, 0.3) is 5.91 Å². The maximum atomic E-state index is 12.0. The van der Waals surface area contributed by atoms with Crippen LogP contribution in [0.5, 0.6) is 11.5 Å². The molecule has 1 N–H and O–H groups in total. The van der Waals surface area contributed by atoms with Crippen LogP contribution in [0.2, 0.25) is 0 Å². The Morgan fingerprint density at radius 3 is 2.66 bits per heavy atom. The zero-order chi connectivity index (χ0) is 20.1. The van der Waals surface area contributed by atoms with E-state index in [0.29, 0.717) is 25.3 Å². The third kappa shape index (κ3) is 4.75. The molecule has 9 heteroatoms. The fraction of sp³-hybridized carbons (Fsp3) is 0.250. The average Bonchev–Trinajstić information content (AvgIpc) is 3.46. The number of carbonyl (C=O) groups is 1. The summed E-state index contributed by atoms with van der Waals surface area (Å²) in [5, 5.41) is 11.5. The number of fused-ring (bicyclic) bond motifs is 1. The standard InChI is InChI=1S/C20H20N4O3S2/c1-2-26-15-5-7-16(8-6-15)27-12-18(25)21-10-9-14-13-29-20-22-19(23-24(14)20)17-4-3-11-28-17/h3-8,11,13H,2,9-10,12H2,1H3,(H,21,25). The van der Waals surface area contributed by atoms with Gasteiger partial charge in [-0.3, -0.25) is 4.79 Å². The van der Waals surface area contributed by atoms with Crippen molar-refractivity contribution in [1.82, 2.24) is 19.9 Å². The van der Waals surface area contributed by atoms with Crippen molar-refractivity contribution in [2.24, 2.45) is 0 Å². The first-order valence-corrected chi connectivity index (χ1v) is 11.0. The van der Waals surface area contributed by atoms with E-state index in [9.17, 15) is 4.79 Å². The number of ether oxygens (including phenoxy) is 2. The first kappa shape index (κ1) is 19.4. The van der Waals surface area contributed by atoms with Gasteiger partial charge in [0, 0.05) is 18.3 Å². The molecule has 0 radical (unpaired) electrons. The Balaban J connectivity index is 1.26. The van der Waals surface area contributed by atoms with E-state index in [-0.39, 0.29) is 12.5 Å². The molecule has 0 aliphatic rings. The number of thiophene rings is 1. The SMILES string of the molecule is CCOc1ccc(OCC(=O)NCCc2csc3nc(-c4cccs4)nn23)cc1. The summed E-state index contributed by atoms with van der Waals surface area (Å²) in [4.78, 5) is 18.5. The van der Waals surface area contributed by atoms with Gasteiger partial charge >= 0.3 is 0 Å². The van der Waals surface area contributed by atoms with Crippen molar-refractivity contribution in [3.05, 3.63) is 52.9 Å². The number of nitrogens with one attached hydrogen (secondary N) is 1. The van der Waals surface area contributed by atoms with Crippen molar-refractivity contribution in [2.75, 3.05) is 19.8 Å². The summed E-state index contributed by atoms with van der Waals surface area (Å²) >= 11 is 3.17. The monoisotopic (exact) mass is 428 g/mol. The molecule has 0 saturated heterocycles. The second-order valence-corrected chi connectivity index (χ2v) is 7.91. The van der Waals surface area contributed by atoms with Crippen molar-refractivity contribution in [1.29, 1.82) is 0 Å². The van der Waals surface area contributed by atoms with Gasteiger partial charge in [0.2, 0.25) is 4.96 Å². The van der Waals surface area contributed by atoms with Crippen LogP contribution in [0.3, 0.4) is 0 Å². The molecule has 0 saturated carbocycles. The van der Waals surface area contributed by atoms with Crippen LogP contribution in [0.1, 0.15) is 12.6 Å². The molecule has 3 aromatic heterocycles. The molecule has 0 aliphatic heterocycles. The Morgan fingerprint density at radius 2 is 1.93 bits per heavy atom. The highest BCUT2D eigenvalue weighted by Gasteiger charge is 2.12. The van der Waals surface area contributed by atoms with Crippen molar-refractivity contribution in [2.45, 2.75) is 13.3 Å². The topological polar surface area (TPSA) is 77.8 Å². The molecule has 0 unspecified atom stereocenters. The highest BCUT2D eigenvalue weighted by atomic mass is 32.1. The third-order valence-electron chi connectivity index (χ3n) is 4.10. The Kier molecular flexibility index (Phi) is 6.06. The molecule has 0 spiro atoms. The first-order chi connectivity index (χ1) is 14.2. The lowest BCUT2D eigenvalue weighted by Crippen LogP contribution is -2.30. The molecule has 0 fully saturated rings. The average molecular weight is 429 g/mol. The van der Waals surface area contributed by atoms with Crippen LogP contribution in [0.15, 0.2) is 47.2 Å². The van der Waals surface area contributed by atoms with E-state index in [0.717, 1.165) is 27.1 Å². The summed E-state index contributed by atoms with van der Waals surface area (Å²) in [7, 11) is 0. The number of hydrogen-bond donors (Lipinski definition) is 1. The van der Waals surface area contributed by atoms with E-state index >= 15 is 0 Å². The van der Waals surface area contributed by atoms with E-state index in [1.807, 2.05) is 46.5 Å². The van der Waals surface area contributed by atoms with E-state index in [4.69, 9.17) is 9.47 Å². The van der Waals surface area contributed by atoms with Crippen LogP contribution >= 0.6 is 22.7 Å². The summed E-state index contributed by atoms with van der Waals surface area (Å²) in [5.74, 6) is 1.98. The van der Waals surface area contributed by atoms with Crippen molar-refractivity contribution in [3.63, 3.8) is 0 Å². The molecule has 29 heavy (non-hydrogen) atoms. The largest absolute Gasteiger partial charge is 0.494 e. The van der Waals surface area contributed by atoms with Crippen molar-refractivity contribution >= 4 is 33.5 Å². The van der Waals surface area contributed by atoms with Gasteiger partial charge in [0.05, 0.1) is 17.2 Å². The minimum absolute atomic E-state index is 0.0289. The number of aromatic nitrogens is 3. The maximum absolute atomic E-state index is 12.0. The van der Waals surface area contributed by atoms with Crippen LogP contribution in [0.25, 0.3) is 15.7 Å². The summed E-state index contributed by atoms with van der Waals surface area (Å²) < 4.78 is 12.7. The molecule has 1 amide bonds. The van der Waals surface area contributed by atoms with Gasteiger partial charge in [-0.1, -0.05) is 6.07 Å². The second-order valence-electron chi connectivity index (χ2n) is 6.13. The molecule has 4 rings (SSSR count). The van der Waals surface area contributed by atoms with Gasteiger partial charge in [0.15, 0.2) is 12.4 Å². The lowest BCUT2D eigenvalue weighted by atomic mass is 10.3. The quantitative estimate of drug-likeness (QED) is 0.440. The highest BCUT2D eigenvalue weighted by Crippen LogP contribution is 2.24. The molecule has 0 bridgehead atoms. The second kappa shape index (κ2) is 9.06. The smallest absolute Gasteiger partial charge is 0.257 e. The number of rotatable bonds is 9. The molecule has 7 nitrogen and oxygen atoms in total. The van der Waals surface area contributed by atoms with E-state index in [1.54, 1.807) is 34.8 Å². The van der Waals surface area contributed by atoms with E-state index in [1.165, 1.54) is 0 Å². The van der Waals surface area contributed by atoms with Crippen molar-refractivity contribution < 1.29 is 14.3 Å². The van der Waals surface area contributed by atoms with Gasteiger partial charge in [-0.15, -0.1) is 27.8 Å². The Labute approximate surface area is 175 Å². The molecule has 4 aromatic rings. The van der Waals surface area contributed by atoms with Crippen LogP contribution in [0.4, 0.5) is 0 Å². The molecular weight excluding hydrogens is 408 g/mol. The Morgan fingerprint density at radius 1 is 1.14 bits per heavy atom. The van der Waals surface area contributed by atoms with Crippen LogP contribution < -0.4 is 14.8 Å². The zero-order valence-corrected chi connectivity index (χ0v) is 17.5. The van der Waals surface area contributed by atoms with Gasteiger partial charge in [-0.05, 0) is 42.6 Å². The minimum atomic E-state index is -0.164. The third-order valence-corrected chi connectivity index (χ3v) is 5.83. The number of nitrogens with zero attached hydrogens (tertiary/aromatic N) is 3. The zero-order valence-electron chi connectivity index (χ0n) is 15.8. The summed E-state index contributed by atoms with van der Waals surface area (Å²) in [6.07, 6.45) is 0.669. The predicted octanol–water partition coefficient (Wildman–Crippen LogP) is 3.66. The predicted molar refractivity (Wildman–Crippen MR) is 114 cm³/mol. The van der Waals surface area contributed by atoms with Crippen LogP contribution in [0, 0.1) is 0 Å². The van der Waals surface area contributed by atoms with Gasteiger partial charge in [-0.2, -0.15) is 4.98 Å². The first-order valence-electron chi connectivity index (χ1n) is 9.22. The normalized spacial score (nSPS) is 10.9. The number of benzene rings is 1. The lowest BCUT2D eigenvalue weighted by Gasteiger charge is -2.08. The molecular formula is C20H20N4O3S2. The lowest BCUT2D eigenvalue weighted by molar-refractivity contribution is -0.123. The van der Waals surface area contributed by atoms with Crippen molar-refractivity contribution in [3.8, 4) is 22.2 Å². The van der Waals surface area contributed by atoms with E-state index < -0.39 is 0 Å². The summed E-state index contributed by atoms with van der Waals surface area (Å²) in [6.45, 7) is 3.02. The number of hydrogen-bond acceptors (Lipinski definition) is 7. The molecule has 1 aromatic carbocycles. The Bertz CT molecular complexity index is 1070.